The van der Waals surface area contributed by atoms with Crippen molar-refractivity contribution in [1.82, 2.24) is 0 Å². The maximum atomic E-state index is 12.3. The molecule has 0 saturated carbocycles. The van der Waals surface area contributed by atoms with E-state index in [1.165, 1.54) is 18.2 Å². The number of rotatable bonds is 3. The molecule has 1 aliphatic carbocycles. The van der Waals surface area contributed by atoms with Gasteiger partial charge in [0.2, 0.25) is 0 Å². The number of allylic oxidation sites excluding steroid dienone is 2. The Morgan fingerprint density at radius 3 is 2.53 bits per heavy atom. The standard InChI is InChI=1S/C14H12ClNO3/c1-10-9-14(15,16(18)19)8-7-12(10)13(17)11-5-3-2-4-6-11/h2-9,12H,1H3. The van der Waals surface area contributed by atoms with Crippen molar-refractivity contribution in [2.75, 3.05) is 0 Å². The second kappa shape index (κ2) is 4.97. The van der Waals surface area contributed by atoms with Crippen molar-refractivity contribution in [2.24, 2.45) is 5.92 Å². The second-order valence-electron chi connectivity index (χ2n) is 4.44. The summed E-state index contributed by atoms with van der Waals surface area (Å²) in [5, 5.41) is 10.9. The van der Waals surface area contributed by atoms with E-state index in [9.17, 15) is 14.9 Å². The van der Waals surface area contributed by atoms with Crippen molar-refractivity contribution in [3.8, 4) is 0 Å². The molecule has 4 nitrogen and oxygen atoms in total. The topological polar surface area (TPSA) is 60.2 Å². The van der Waals surface area contributed by atoms with Crippen molar-refractivity contribution in [1.29, 1.82) is 0 Å². The van der Waals surface area contributed by atoms with E-state index in [1.54, 1.807) is 31.2 Å². The largest absolute Gasteiger partial charge is 0.332 e. The molecule has 1 aromatic rings. The smallest absolute Gasteiger partial charge is 0.293 e. The minimum Gasteiger partial charge on any atom is -0.293 e. The number of hydrogen-bond donors (Lipinski definition) is 0. The molecular weight excluding hydrogens is 266 g/mol. The number of benzene rings is 1. The molecule has 0 aliphatic heterocycles. The third-order valence-electron chi connectivity index (χ3n) is 3.06. The first-order chi connectivity index (χ1) is 8.94. The van der Waals surface area contributed by atoms with Crippen molar-refractivity contribution in [3.63, 3.8) is 0 Å². The molecule has 2 rings (SSSR count). The fourth-order valence-corrected chi connectivity index (χ4v) is 2.27. The van der Waals surface area contributed by atoms with Crippen LogP contribution in [0.3, 0.4) is 0 Å². The highest BCUT2D eigenvalue weighted by Crippen LogP contribution is 2.31. The van der Waals surface area contributed by atoms with Gasteiger partial charge in [-0.25, -0.2) is 0 Å². The minimum absolute atomic E-state index is 0.0901. The molecule has 0 fully saturated rings. The fourth-order valence-electron chi connectivity index (χ4n) is 2.03. The van der Waals surface area contributed by atoms with E-state index in [4.69, 9.17) is 11.6 Å². The lowest BCUT2D eigenvalue weighted by Gasteiger charge is -2.21. The predicted molar refractivity (Wildman–Crippen MR) is 72.7 cm³/mol. The number of ketones is 1. The van der Waals surface area contributed by atoms with Crippen LogP contribution in [-0.2, 0) is 0 Å². The Morgan fingerprint density at radius 2 is 2.00 bits per heavy atom. The van der Waals surface area contributed by atoms with Gasteiger partial charge >= 0.3 is 5.00 Å². The highest BCUT2D eigenvalue weighted by atomic mass is 35.5. The third kappa shape index (κ3) is 2.58. The molecule has 0 N–H and O–H groups in total. The zero-order chi connectivity index (χ0) is 14.0. The maximum absolute atomic E-state index is 12.3. The maximum Gasteiger partial charge on any atom is 0.332 e. The van der Waals surface area contributed by atoms with Gasteiger partial charge < -0.3 is 0 Å². The van der Waals surface area contributed by atoms with Crippen LogP contribution >= 0.6 is 11.6 Å². The van der Waals surface area contributed by atoms with Gasteiger partial charge in [0.25, 0.3) is 0 Å². The molecule has 1 aromatic carbocycles. The molecule has 0 amide bonds. The lowest BCUT2D eigenvalue weighted by atomic mass is 9.86. The zero-order valence-electron chi connectivity index (χ0n) is 10.2. The van der Waals surface area contributed by atoms with Crippen LogP contribution in [0, 0.1) is 16.0 Å². The molecule has 19 heavy (non-hydrogen) atoms. The molecule has 0 bridgehead atoms. The minimum atomic E-state index is -1.74. The lowest BCUT2D eigenvalue weighted by molar-refractivity contribution is -0.514. The molecule has 0 radical (unpaired) electrons. The van der Waals surface area contributed by atoms with Crippen molar-refractivity contribution >= 4 is 17.4 Å². The van der Waals surface area contributed by atoms with Gasteiger partial charge in [0.15, 0.2) is 5.78 Å². The number of carbonyl (C=O) groups is 1. The summed E-state index contributed by atoms with van der Waals surface area (Å²) in [5.41, 5.74) is 1.16. The monoisotopic (exact) mass is 277 g/mol. The summed E-state index contributed by atoms with van der Waals surface area (Å²) in [7, 11) is 0. The number of nitrogens with zero attached hydrogens (tertiary/aromatic N) is 1. The molecule has 0 spiro atoms. The second-order valence-corrected chi connectivity index (χ2v) is 5.05. The van der Waals surface area contributed by atoms with Crippen LogP contribution in [0.4, 0.5) is 0 Å². The van der Waals surface area contributed by atoms with Gasteiger partial charge in [0.05, 0.1) is 10.8 Å². The Kier molecular flexibility index (Phi) is 3.53. The molecule has 0 aromatic heterocycles. The Bertz CT molecular complexity index is 580. The predicted octanol–water partition coefficient (Wildman–Crippen LogP) is 3.21. The van der Waals surface area contributed by atoms with Gasteiger partial charge in [-0.1, -0.05) is 42.0 Å². The lowest BCUT2D eigenvalue weighted by Crippen LogP contribution is -2.31. The Hall–Kier alpha value is -1.94. The Balaban J connectivity index is 2.29. The van der Waals surface area contributed by atoms with E-state index in [-0.39, 0.29) is 5.78 Å². The number of carbonyl (C=O) groups excluding carboxylic acids is 1. The number of halogens is 1. The summed E-state index contributed by atoms with van der Waals surface area (Å²) < 4.78 is 0. The van der Waals surface area contributed by atoms with E-state index in [2.05, 4.69) is 0 Å². The van der Waals surface area contributed by atoms with Crippen LogP contribution in [-0.4, -0.2) is 15.7 Å². The molecule has 2 atom stereocenters. The van der Waals surface area contributed by atoms with E-state index >= 15 is 0 Å². The molecule has 1 aliphatic rings. The average Bonchev–Trinajstić information content (AvgIpc) is 2.39. The zero-order valence-corrected chi connectivity index (χ0v) is 11.0. The quantitative estimate of drug-likeness (QED) is 0.213. The van der Waals surface area contributed by atoms with Crippen molar-refractivity contribution < 1.29 is 9.72 Å². The van der Waals surface area contributed by atoms with Crippen LogP contribution in [0.2, 0.25) is 0 Å². The highest BCUT2D eigenvalue weighted by molar-refractivity contribution is 6.25. The van der Waals surface area contributed by atoms with E-state index in [0.717, 1.165) is 0 Å². The normalized spacial score (nSPS) is 25.8. The first-order valence-corrected chi connectivity index (χ1v) is 6.13. The molecule has 2 unspecified atom stereocenters. The van der Waals surface area contributed by atoms with Crippen LogP contribution in [0.1, 0.15) is 17.3 Å². The number of Topliss-reactive ketones (excluding diaryl/α,β-unsaturated/α-hetero) is 1. The van der Waals surface area contributed by atoms with E-state index < -0.39 is 15.8 Å². The van der Waals surface area contributed by atoms with Gasteiger partial charge in [0.1, 0.15) is 0 Å². The Morgan fingerprint density at radius 1 is 1.37 bits per heavy atom. The van der Waals surface area contributed by atoms with Gasteiger partial charge in [-0.05, 0) is 18.5 Å². The first kappa shape index (κ1) is 13.5. The number of alkyl halides is 1. The summed E-state index contributed by atoms with van der Waals surface area (Å²) in [6, 6.07) is 8.83. The molecular formula is C14H12ClNO3. The molecule has 5 heteroatoms. The van der Waals surface area contributed by atoms with Crippen LogP contribution in [0.5, 0.6) is 0 Å². The fraction of sp³-hybridized carbons (Fsp3) is 0.214. The van der Waals surface area contributed by atoms with Crippen molar-refractivity contribution in [3.05, 3.63) is 69.8 Å². The summed E-state index contributed by atoms with van der Waals surface area (Å²) in [6.07, 6.45) is 4.08. The van der Waals surface area contributed by atoms with Crippen LogP contribution in [0.25, 0.3) is 0 Å². The van der Waals surface area contributed by atoms with Gasteiger partial charge in [0, 0.05) is 17.7 Å². The molecule has 0 heterocycles. The molecule has 0 saturated heterocycles. The number of hydrogen-bond acceptors (Lipinski definition) is 3. The van der Waals surface area contributed by atoms with Gasteiger partial charge in [-0.15, -0.1) is 0 Å². The van der Waals surface area contributed by atoms with E-state index in [0.29, 0.717) is 11.1 Å². The highest BCUT2D eigenvalue weighted by Gasteiger charge is 2.39. The Labute approximate surface area is 115 Å². The molecule has 98 valence electrons. The van der Waals surface area contributed by atoms with Gasteiger partial charge in [-0.3, -0.25) is 14.9 Å². The number of nitro groups is 1. The van der Waals surface area contributed by atoms with E-state index in [1.807, 2.05) is 6.07 Å². The van der Waals surface area contributed by atoms with Crippen LogP contribution < -0.4 is 0 Å². The SMILES string of the molecule is CC1=CC(Cl)([N+](=O)[O-])C=CC1C(=O)c1ccccc1. The van der Waals surface area contributed by atoms with Gasteiger partial charge in [-0.2, -0.15) is 0 Å². The first-order valence-electron chi connectivity index (χ1n) is 5.75. The third-order valence-corrected chi connectivity index (χ3v) is 3.44. The van der Waals surface area contributed by atoms with Crippen molar-refractivity contribution in [2.45, 2.75) is 11.9 Å². The average molecular weight is 278 g/mol. The summed E-state index contributed by atoms with van der Waals surface area (Å²) in [6.45, 7) is 1.68. The summed E-state index contributed by atoms with van der Waals surface area (Å²) in [4.78, 5) is 20.8. The van der Waals surface area contributed by atoms with Crippen LogP contribution in [0.15, 0.2) is 54.1 Å². The summed E-state index contributed by atoms with van der Waals surface area (Å²) >= 11 is 5.85. The summed E-state index contributed by atoms with van der Waals surface area (Å²) in [5.74, 6) is -0.582.